The number of nitriles is 1. The van der Waals surface area contributed by atoms with E-state index in [1.54, 1.807) is 0 Å². The Kier molecular flexibility index (Phi) is 7.03. The summed E-state index contributed by atoms with van der Waals surface area (Å²) in [6, 6.07) is 3.95. The molecule has 15 heteroatoms. The summed E-state index contributed by atoms with van der Waals surface area (Å²) in [5, 5.41) is 11.2. The SMILES string of the molecule is CC(NC(=O)c1cc(C(F)(F)F)cc(S(=O)(=O)C(F)(F)F)c1)c1nccnc1-c1ccc(C#N)cn1. The lowest BCUT2D eigenvalue weighted by Gasteiger charge is -2.18. The second-order valence-corrected chi connectivity index (χ2v) is 9.16. The molecule has 3 rings (SSSR count). The Bertz CT molecular complexity index is 1450. The van der Waals surface area contributed by atoms with Crippen LogP contribution in [0.3, 0.4) is 0 Å². The Morgan fingerprint density at radius 2 is 1.69 bits per heavy atom. The van der Waals surface area contributed by atoms with E-state index in [0.717, 1.165) is 0 Å². The van der Waals surface area contributed by atoms with Gasteiger partial charge in [0.2, 0.25) is 0 Å². The lowest BCUT2D eigenvalue weighted by atomic mass is 10.1. The normalized spacial score (nSPS) is 13.1. The molecule has 0 aliphatic rings. The zero-order valence-electron chi connectivity index (χ0n) is 17.9. The van der Waals surface area contributed by atoms with Crippen LogP contribution in [-0.2, 0) is 16.0 Å². The van der Waals surface area contributed by atoms with Crippen LogP contribution in [0.1, 0.15) is 40.1 Å². The number of benzene rings is 1. The van der Waals surface area contributed by atoms with Crippen LogP contribution in [0, 0.1) is 11.3 Å². The van der Waals surface area contributed by atoms with Crippen molar-refractivity contribution in [2.24, 2.45) is 0 Å². The molecule has 0 saturated carbocycles. The van der Waals surface area contributed by atoms with Crippen molar-refractivity contribution in [1.29, 1.82) is 5.26 Å². The maximum absolute atomic E-state index is 13.3. The predicted molar refractivity (Wildman–Crippen MR) is 111 cm³/mol. The second-order valence-electron chi connectivity index (χ2n) is 7.22. The minimum atomic E-state index is -6.18. The topological polar surface area (TPSA) is 126 Å². The first-order chi connectivity index (χ1) is 16.6. The van der Waals surface area contributed by atoms with Crippen LogP contribution < -0.4 is 5.32 Å². The molecule has 1 aromatic carbocycles. The molecule has 0 bridgehead atoms. The maximum atomic E-state index is 13.3. The predicted octanol–water partition coefficient (Wildman–Crippen LogP) is 4.21. The van der Waals surface area contributed by atoms with Gasteiger partial charge in [0.25, 0.3) is 15.7 Å². The molecule has 0 spiro atoms. The number of halogens is 6. The average molecular weight is 529 g/mol. The molecule has 3 aromatic rings. The van der Waals surface area contributed by atoms with Gasteiger partial charge in [-0.25, -0.2) is 8.42 Å². The Morgan fingerprint density at radius 3 is 2.25 bits per heavy atom. The first-order valence-corrected chi connectivity index (χ1v) is 11.2. The fourth-order valence-corrected chi connectivity index (χ4v) is 3.83. The first-order valence-electron chi connectivity index (χ1n) is 9.67. The highest BCUT2D eigenvalue weighted by atomic mass is 32.2. The molecular formula is C21H13F6N5O3S. The largest absolute Gasteiger partial charge is 0.501 e. The van der Waals surface area contributed by atoms with E-state index in [9.17, 15) is 39.6 Å². The molecule has 0 radical (unpaired) electrons. The zero-order valence-corrected chi connectivity index (χ0v) is 18.7. The van der Waals surface area contributed by atoms with Gasteiger partial charge in [0.05, 0.1) is 33.5 Å². The van der Waals surface area contributed by atoms with Gasteiger partial charge in [-0.15, -0.1) is 0 Å². The monoisotopic (exact) mass is 529 g/mol. The summed E-state index contributed by atoms with van der Waals surface area (Å²) < 4.78 is 102. The Hall–Kier alpha value is -4.06. The number of hydrogen-bond acceptors (Lipinski definition) is 7. The molecule has 1 atom stereocenters. The lowest BCUT2D eigenvalue weighted by Crippen LogP contribution is -2.29. The molecule has 0 aliphatic heterocycles. The quantitative estimate of drug-likeness (QED) is 0.491. The van der Waals surface area contributed by atoms with E-state index in [2.05, 4.69) is 20.3 Å². The van der Waals surface area contributed by atoms with Crippen LogP contribution in [0.5, 0.6) is 0 Å². The van der Waals surface area contributed by atoms with E-state index in [4.69, 9.17) is 5.26 Å². The molecule has 0 aliphatic carbocycles. The molecular weight excluding hydrogens is 516 g/mol. The van der Waals surface area contributed by atoms with Crippen LogP contribution in [0.15, 0.2) is 53.8 Å². The second kappa shape index (κ2) is 9.53. The molecule has 1 N–H and O–H groups in total. The van der Waals surface area contributed by atoms with Crippen molar-refractivity contribution in [1.82, 2.24) is 20.3 Å². The molecule has 0 fully saturated rings. The van der Waals surface area contributed by atoms with Crippen LogP contribution in [0.2, 0.25) is 0 Å². The summed E-state index contributed by atoms with van der Waals surface area (Å²) in [5.41, 5.74) is -7.87. The van der Waals surface area contributed by atoms with E-state index in [0.29, 0.717) is 0 Å². The van der Waals surface area contributed by atoms with Gasteiger partial charge in [-0.3, -0.25) is 19.7 Å². The van der Waals surface area contributed by atoms with E-state index in [-0.39, 0.29) is 40.8 Å². The number of hydrogen-bond donors (Lipinski definition) is 1. The number of sulfone groups is 1. The van der Waals surface area contributed by atoms with Crippen LogP contribution >= 0.6 is 0 Å². The van der Waals surface area contributed by atoms with Crippen molar-refractivity contribution in [2.45, 2.75) is 29.5 Å². The van der Waals surface area contributed by atoms with E-state index >= 15 is 0 Å². The molecule has 1 amide bonds. The smallest absolute Gasteiger partial charge is 0.344 e. The molecule has 2 heterocycles. The number of amides is 1. The number of rotatable bonds is 5. The third-order valence-corrected chi connectivity index (χ3v) is 6.20. The van der Waals surface area contributed by atoms with Crippen LogP contribution in [0.4, 0.5) is 26.3 Å². The van der Waals surface area contributed by atoms with Gasteiger partial charge < -0.3 is 5.32 Å². The van der Waals surface area contributed by atoms with Crippen LogP contribution in [-0.4, -0.2) is 34.8 Å². The first kappa shape index (κ1) is 26.5. The van der Waals surface area contributed by atoms with Crippen molar-refractivity contribution in [3.63, 3.8) is 0 Å². The molecule has 1 unspecified atom stereocenters. The van der Waals surface area contributed by atoms with Crippen molar-refractivity contribution >= 4 is 15.7 Å². The molecule has 2 aromatic heterocycles. The Balaban J connectivity index is 2.00. The van der Waals surface area contributed by atoms with Gasteiger partial charge >= 0.3 is 11.7 Å². The van der Waals surface area contributed by atoms with Crippen molar-refractivity contribution in [3.8, 4) is 17.5 Å². The van der Waals surface area contributed by atoms with Gasteiger partial charge in [-0.1, -0.05) is 0 Å². The number of carbonyl (C=O) groups excluding carboxylic acids is 1. The van der Waals surface area contributed by atoms with Crippen molar-refractivity contribution in [2.75, 3.05) is 0 Å². The number of nitrogens with zero attached hydrogens (tertiary/aromatic N) is 4. The van der Waals surface area contributed by atoms with Crippen LogP contribution in [0.25, 0.3) is 11.4 Å². The van der Waals surface area contributed by atoms with Crippen molar-refractivity contribution in [3.05, 3.63) is 71.3 Å². The number of alkyl halides is 6. The fourth-order valence-electron chi connectivity index (χ4n) is 2.99. The number of aromatic nitrogens is 3. The number of carbonyl (C=O) groups is 1. The third-order valence-electron chi connectivity index (χ3n) is 4.73. The average Bonchev–Trinajstić information content (AvgIpc) is 2.82. The van der Waals surface area contributed by atoms with E-state index in [1.807, 2.05) is 6.07 Å². The molecule has 0 saturated heterocycles. The zero-order chi connectivity index (χ0) is 26.9. The highest BCUT2D eigenvalue weighted by Crippen LogP contribution is 2.36. The van der Waals surface area contributed by atoms with E-state index < -0.39 is 49.5 Å². The number of pyridine rings is 1. The van der Waals surface area contributed by atoms with E-state index in [1.165, 1.54) is 37.6 Å². The van der Waals surface area contributed by atoms with Gasteiger partial charge in [0.15, 0.2) is 0 Å². The highest BCUT2D eigenvalue weighted by molar-refractivity contribution is 7.92. The summed E-state index contributed by atoms with van der Waals surface area (Å²) >= 11 is 0. The summed E-state index contributed by atoms with van der Waals surface area (Å²) in [7, 11) is -6.18. The highest BCUT2D eigenvalue weighted by Gasteiger charge is 2.48. The van der Waals surface area contributed by atoms with Gasteiger partial charge in [-0.05, 0) is 37.3 Å². The van der Waals surface area contributed by atoms with Gasteiger partial charge in [0, 0.05) is 24.2 Å². The van der Waals surface area contributed by atoms with Gasteiger partial charge in [0.1, 0.15) is 11.8 Å². The summed E-state index contributed by atoms with van der Waals surface area (Å²) in [5.74, 6) is -1.29. The number of nitrogens with one attached hydrogen (secondary N) is 1. The van der Waals surface area contributed by atoms with Crippen molar-refractivity contribution < 1.29 is 39.6 Å². The summed E-state index contributed by atoms with van der Waals surface area (Å²) in [4.78, 5) is 23.2. The molecule has 188 valence electrons. The van der Waals surface area contributed by atoms with Gasteiger partial charge in [-0.2, -0.15) is 31.6 Å². The standard InChI is InChI=1S/C21H13F6N5O3S/c1-11(17-18(30-5-4-29-17)16-3-2-12(9-28)10-31-16)32-19(33)13-6-14(20(22,23)24)8-15(7-13)36(34,35)21(25,26)27/h2-8,10-11H,1H3,(H,32,33). The molecule has 8 nitrogen and oxygen atoms in total. The Morgan fingerprint density at radius 1 is 1.03 bits per heavy atom. The maximum Gasteiger partial charge on any atom is 0.501 e. The lowest BCUT2D eigenvalue weighted by molar-refractivity contribution is -0.137. The Labute approximate surface area is 199 Å². The minimum Gasteiger partial charge on any atom is -0.344 e. The minimum absolute atomic E-state index is 0.0955. The molecule has 36 heavy (non-hydrogen) atoms. The summed E-state index contributed by atoms with van der Waals surface area (Å²) in [6.07, 6.45) is -1.43. The summed E-state index contributed by atoms with van der Waals surface area (Å²) in [6.45, 7) is 1.37. The fraction of sp³-hybridized carbons (Fsp3) is 0.190. The third kappa shape index (κ3) is 5.43.